The van der Waals surface area contributed by atoms with E-state index in [1.165, 1.54) is 0 Å². The second kappa shape index (κ2) is 5.34. The maximum absolute atomic E-state index is 12.9. The van der Waals surface area contributed by atoms with Crippen LogP contribution in [0.1, 0.15) is 39.5 Å². The van der Waals surface area contributed by atoms with Gasteiger partial charge >= 0.3 is 0 Å². The van der Waals surface area contributed by atoms with Crippen molar-refractivity contribution in [2.45, 2.75) is 26.3 Å². The molecule has 0 aromatic heterocycles. The maximum Gasteiger partial charge on any atom is 0.258 e. The molecule has 0 aliphatic carbocycles. The van der Waals surface area contributed by atoms with Gasteiger partial charge in [0.15, 0.2) is 0 Å². The molecule has 0 radical (unpaired) electrons. The SMILES string of the molecule is Cc1cccc(C(=O)N2CCC(N)c3ccccc32)c1C. The highest BCUT2D eigenvalue weighted by Crippen LogP contribution is 2.33. The van der Waals surface area contributed by atoms with Crippen LogP contribution in [0.5, 0.6) is 0 Å². The number of nitrogens with two attached hydrogens (primary N) is 1. The smallest absolute Gasteiger partial charge is 0.258 e. The standard InChI is InChI=1S/C18H20N2O/c1-12-6-5-8-14(13(12)2)18(21)20-11-10-16(19)15-7-3-4-9-17(15)20/h3-9,16H,10-11,19H2,1-2H3. The zero-order chi connectivity index (χ0) is 15.0. The summed E-state index contributed by atoms with van der Waals surface area (Å²) in [7, 11) is 0. The minimum Gasteiger partial charge on any atom is -0.324 e. The lowest BCUT2D eigenvalue weighted by Crippen LogP contribution is -2.38. The van der Waals surface area contributed by atoms with E-state index in [0.29, 0.717) is 6.54 Å². The molecule has 1 heterocycles. The summed E-state index contributed by atoms with van der Waals surface area (Å²) in [6, 6.07) is 13.8. The maximum atomic E-state index is 12.9. The Morgan fingerprint density at radius 1 is 1.14 bits per heavy atom. The molecule has 1 aliphatic rings. The predicted molar refractivity (Wildman–Crippen MR) is 85.6 cm³/mol. The third-order valence-electron chi connectivity index (χ3n) is 4.37. The molecule has 3 heteroatoms. The molecular formula is C18H20N2O. The van der Waals surface area contributed by atoms with Crippen LogP contribution in [0.4, 0.5) is 5.69 Å². The van der Waals surface area contributed by atoms with Crippen LogP contribution >= 0.6 is 0 Å². The Balaban J connectivity index is 2.03. The first-order valence-corrected chi connectivity index (χ1v) is 7.32. The molecule has 21 heavy (non-hydrogen) atoms. The van der Waals surface area contributed by atoms with Gasteiger partial charge in [0.1, 0.15) is 0 Å². The number of anilines is 1. The van der Waals surface area contributed by atoms with Gasteiger partial charge in [-0.1, -0.05) is 30.3 Å². The van der Waals surface area contributed by atoms with Crippen LogP contribution in [-0.2, 0) is 0 Å². The molecule has 108 valence electrons. The molecule has 0 saturated heterocycles. The lowest BCUT2D eigenvalue weighted by molar-refractivity contribution is 0.0983. The van der Waals surface area contributed by atoms with E-state index < -0.39 is 0 Å². The first kappa shape index (κ1) is 13.8. The Morgan fingerprint density at radius 2 is 1.90 bits per heavy atom. The number of nitrogens with zero attached hydrogens (tertiary/aromatic N) is 1. The van der Waals surface area contributed by atoms with Crippen molar-refractivity contribution in [3.63, 3.8) is 0 Å². The summed E-state index contributed by atoms with van der Waals surface area (Å²) in [5, 5.41) is 0. The van der Waals surface area contributed by atoms with Crippen LogP contribution in [0.3, 0.4) is 0 Å². The zero-order valence-corrected chi connectivity index (χ0v) is 12.5. The highest BCUT2D eigenvalue weighted by molar-refractivity contribution is 6.07. The number of carbonyl (C=O) groups excluding carboxylic acids is 1. The summed E-state index contributed by atoms with van der Waals surface area (Å²) in [5.74, 6) is 0.0653. The number of rotatable bonds is 1. The average molecular weight is 280 g/mol. The van der Waals surface area contributed by atoms with Crippen LogP contribution in [0.2, 0.25) is 0 Å². The van der Waals surface area contributed by atoms with Gasteiger partial charge in [-0.25, -0.2) is 0 Å². The second-order valence-electron chi connectivity index (χ2n) is 5.66. The topological polar surface area (TPSA) is 46.3 Å². The van der Waals surface area contributed by atoms with E-state index in [-0.39, 0.29) is 11.9 Å². The quantitative estimate of drug-likeness (QED) is 0.870. The van der Waals surface area contributed by atoms with Gasteiger partial charge in [-0.05, 0) is 49.1 Å². The van der Waals surface area contributed by atoms with Crippen molar-refractivity contribution in [3.8, 4) is 0 Å². The normalized spacial score (nSPS) is 17.5. The van der Waals surface area contributed by atoms with Crippen molar-refractivity contribution in [2.24, 2.45) is 5.73 Å². The lowest BCUT2D eigenvalue weighted by Gasteiger charge is -2.33. The van der Waals surface area contributed by atoms with Crippen molar-refractivity contribution in [2.75, 3.05) is 11.4 Å². The van der Waals surface area contributed by atoms with E-state index in [9.17, 15) is 4.79 Å². The summed E-state index contributed by atoms with van der Waals surface area (Å²) in [5.41, 5.74) is 11.1. The number of benzene rings is 2. The van der Waals surface area contributed by atoms with Crippen LogP contribution in [0.25, 0.3) is 0 Å². The highest BCUT2D eigenvalue weighted by atomic mass is 16.2. The van der Waals surface area contributed by atoms with Crippen LogP contribution in [-0.4, -0.2) is 12.5 Å². The predicted octanol–water partition coefficient (Wildman–Crippen LogP) is 3.35. The third kappa shape index (κ3) is 2.34. The largest absolute Gasteiger partial charge is 0.324 e. The van der Waals surface area contributed by atoms with Gasteiger partial charge in [0, 0.05) is 23.8 Å². The van der Waals surface area contributed by atoms with E-state index in [1.54, 1.807) is 0 Å². The molecular weight excluding hydrogens is 260 g/mol. The van der Waals surface area contributed by atoms with Crippen LogP contribution in [0.15, 0.2) is 42.5 Å². The van der Waals surface area contributed by atoms with Gasteiger partial charge in [-0.3, -0.25) is 4.79 Å². The molecule has 3 nitrogen and oxygen atoms in total. The monoisotopic (exact) mass is 280 g/mol. The average Bonchev–Trinajstić information content (AvgIpc) is 2.50. The van der Waals surface area contributed by atoms with Crippen molar-refractivity contribution in [1.29, 1.82) is 0 Å². The summed E-state index contributed by atoms with van der Waals surface area (Å²) >= 11 is 0. The fourth-order valence-corrected chi connectivity index (χ4v) is 2.93. The highest BCUT2D eigenvalue weighted by Gasteiger charge is 2.27. The number of hydrogen-bond acceptors (Lipinski definition) is 2. The minimum absolute atomic E-state index is 0.0175. The summed E-state index contributed by atoms with van der Waals surface area (Å²) in [6.07, 6.45) is 0.799. The molecule has 2 aromatic carbocycles. The Bertz CT molecular complexity index is 693. The Morgan fingerprint density at radius 3 is 2.71 bits per heavy atom. The summed E-state index contributed by atoms with van der Waals surface area (Å²) in [6.45, 7) is 4.71. The molecule has 1 aliphatic heterocycles. The summed E-state index contributed by atoms with van der Waals surface area (Å²) in [4.78, 5) is 14.8. The molecule has 0 spiro atoms. The molecule has 0 bridgehead atoms. The fourth-order valence-electron chi connectivity index (χ4n) is 2.93. The van der Waals surface area contributed by atoms with Gasteiger partial charge in [-0.15, -0.1) is 0 Å². The molecule has 2 aromatic rings. The third-order valence-corrected chi connectivity index (χ3v) is 4.37. The number of carbonyl (C=O) groups is 1. The lowest BCUT2D eigenvalue weighted by atomic mass is 9.95. The van der Waals surface area contributed by atoms with Gasteiger partial charge in [-0.2, -0.15) is 0 Å². The number of amides is 1. The molecule has 1 unspecified atom stereocenters. The first-order chi connectivity index (χ1) is 10.1. The van der Waals surface area contributed by atoms with Gasteiger partial charge < -0.3 is 10.6 Å². The van der Waals surface area contributed by atoms with E-state index in [1.807, 2.05) is 61.2 Å². The van der Waals surface area contributed by atoms with Crippen molar-refractivity contribution in [1.82, 2.24) is 0 Å². The van der Waals surface area contributed by atoms with Crippen LogP contribution < -0.4 is 10.6 Å². The first-order valence-electron chi connectivity index (χ1n) is 7.32. The number of para-hydroxylation sites is 1. The molecule has 2 N–H and O–H groups in total. The molecule has 1 amide bonds. The molecule has 0 fully saturated rings. The minimum atomic E-state index is 0.0175. The Labute approximate surface area is 125 Å². The second-order valence-corrected chi connectivity index (χ2v) is 5.66. The Kier molecular flexibility index (Phi) is 3.52. The molecule has 3 rings (SSSR count). The molecule has 0 saturated carbocycles. The molecule has 1 atom stereocenters. The number of aryl methyl sites for hydroxylation is 1. The van der Waals surface area contributed by atoms with Gasteiger partial charge in [0.25, 0.3) is 5.91 Å². The van der Waals surface area contributed by atoms with Gasteiger partial charge in [0.2, 0.25) is 0 Å². The zero-order valence-electron chi connectivity index (χ0n) is 12.5. The van der Waals surface area contributed by atoms with E-state index >= 15 is 0 Å². The number of hydrogen-bond donors (Lipinski definition) is 1. The number of fused-ring (bicyclic) bond motifs is 1. The van der Waals surface area contributed by atoms with E-state index in [2.05, 4.69) is 0 Å². The van der Waals surface area contributed by atoms with Gasteiger partial charge in [0.05, 0.1) is 0 Å². The van der Waals surface area contributed by atoms with Crippen LogP contribution in [0, 0.1) is 13.8 Å². The fraction of sp³-hybridized carbons (Fsp3) is 0.278. The van der Waals surface area contributed by atoms with Crippen molar-refractivity contribution < 1.29 is 4.79 Å². The van der Waals surface area contributed by atoms with E-state index in [4.69, 9.17) is 5.73 Å². The van der Waals surface area contributed by atoms with Crippen molar-refractivity contribution in [3.05, 3.63) is 64.7 Å². The van der Waals surface area contributed by atoms with Crippen molar-refractivity contribution >= 4 is 11.6 Å². The van der Waals surface area contributed by atoms with E-state index in [0.717, 1.165) is 34.4 Å². The summed E-state index contributed by atoms with van der Waals surface area (Å²) < 4.78 is 0. The Hall–Kier alpha value is -2.13.